The predicted molar refractivity (Wildman–Crippen MR) is 64.8 cm³/mol. The van der Waals surface area contributed by atoms with Gasteiger partial charge >= 0.3 is 0 Å². The Kier molecular flexibility index (Phi) is 3.74. The van der Waals surface area contributed by atoms with Crippen LogP contribution in [0.2, 0.25) is 0 Å². The average Bonchev–Trinajstić information content (AvgIpc) is 2.31. The second-order valence-electron chi connectivity index (χ2n) is 3.47. The molecule has 4 heteroatoms. The number of benzene rings is 2. The largest absolute Gasteiger partial charge is 0.486 e. The van der Waals surface area contributed by atoms with E-state index in [2.05, 4.69) is 15.9 Å². The molecule has 0 saturated carbocycles. The minimum atomic E-state index is -0.956. The maximum absolute atomic E-state index is 13.3. The van der Waals surface area contributed by atoms with Crippen molar-refractivity contribution in [2.45, 2.75) is 6.61 Å². The van der Waals surface area contributed by atoms with Crippen LogP contribution in [0.15, 0.2) is 46.9 Å². The first kappa shape index (κ1) is 12.0. The fourth-order valence-corrected chi connectivity index (χ4v) is 1.83. The van der Waals surface area contributed by atoms with Crippen LogP contribution in [-0.4, -0.2) is 0 Å². The van der Waals surface area contributed by atoms with E-state index >= 15 is 0 Å². The average molecular weight is 299 g/mol. The fraction of sp³-hybridized carbons (Fsp3) is 0.0769. The Hall–Kier alpha value is -1.42. The van der Waals surface area contributed by atoms with Crippen LogP contribution in [0.1, 0.15) is 5.56 Å². The van der Waals surface area contributed by atoms with Gasteiger partial charge in [0.15, 0.2) is 11.6 Å². The zero-order valence-corrected chi connectivity index (χ0v) is 10.4. The lowest BCUT2D eigenvalue weighted by Crippen LogP contribution is -1.98. The van der Waals surface area contributed by atoms with Crippen LogP contribution >= 0.6 is 15.9 Å². The third kappa shape index (κ3) is 3.03. The molecule has 0 aliphatic heterocycles. The SMILES string of the molecule is Fc1cccc(OCc2cccc(Br)c2)c1F. The van der Waals surface area contributed by atoms with Crippen molar-refractivity contribution in [1.29, 1.82) is 0 Å². The first-order chi connectivity index (χ1) is 8.16. The minimum absolute atomic E-state index is 0.0787. The lowest BCUT2D eigenvalue weighted by atomic mass is 10.2. The van der Waals surface area contributed by atoms with E-state index in [-0.39, 0.29) is 12.4 Å². The van der Waals surface area contributed by atoms with E-state index in [1.807, 2.05) is 24.3 Å². The summed E-state index contributed by atoms with van der Waals surface area (Å²) in [6.07, 6.45) is 0. The quantitative estimate of drug-likeness (QED) is 0.820. The molecule has 2 aromatic rings. The fourth-order valence-electron chi connectivity index (χ4n) is 1.38. The molecular weight excluding hydrogens is 290 g/mol. The van der Waals surface area contributed by atoms with Crippen molar-refractivity contribution >= 4 is 15.9 Å². The molecule has 0 aliphatic carbocycles. The molecule has 0 aliphatic rings. The van der Waals surface area contributed by atoms with Crippen LogP contribution in [0.25, 0.3) is 0 Å². The molecule has 0 fully saturated rings. The summed E-state index contributed by atoms with van der Waals surface area (Å²) >= 11 is 3.32. The summed E-state index contributed by atoms with van der Waals surface area (Å²) in [6, 6.07) is 11.3. The topological polar surface area (TPSA) is 9.23 Å². The van der Waals surface area contributed by atoms with E-state index < -0.39 is 11.6 Å². The van der Waals surface area contributed by atoms with Gasteiger partial charge in [0.2, 0.25) is 5.82 Å². The summed E-state index contributed by atoms with van der Waals surface area (Å²) in [4.78, 5) is 0. The Morgan fingerprint density at radius 3 is 2.59 bits per heavy atom. The zero-order chi connectivity index (χ0) is 12.3. The maximum Gasteiger partial charge on any atom is 0.200 e. The number of hydrogen-bond donors (Lipinski definition) is 0. The normalized spacial score (nSPS) is 10.3. The van der Waals surface area contributed by atoms with E-state index in [4.69, 9.17) is 4.74 Å². The highest BCUT2D eigenvalue weighted by Gasteiger charge is 2.08. The van der Waals surface area contributed by atoms with Crippen molar-refractivity contribution in [3.8, 4) is 5.75 Å². The van der Waals surface area contributed by atoms with Crippen molar-refractivity contribution in [2.24, 2.45) is 0 Å². The Morgan fingerprint density at radius 1 is 1.06 bits per heavy atom. The third-order valence-electron chi connectivity index (χ3n) is 2.20. The van der Waals surface area contributed by atoms with Gasteiger partial charge in [-0.05, 0) is 29.8 Å². The molecule has 0 aromatic heterocycles. The van der Waals surface area contributed by atoms with E-state index in [9.17, 15) is 8.78 Å². The summed E-state index contributed by atoms with van der Waals surface area (Å²) in [5, 5.41) is 0. The second kappa shape index (κ2) is 5.27. The molecule has 1 nitrogen and oxygen atoms in total. The molecule has 0 amide bonds. The number of halogens is 3. The van der Waals surface area contributed by atoms with Crippen LogP contribution < -0.4 is 4.74 Å². The number of rotatable bonds is 3. The Balaban J connectivity index is 2.10. The van der Waals surface area contributed by atoms with Crippen molar-refractivity contribution < 1.29 is 13.5 Å². The smallest absolute Gasteiger partial charge is 0.200 e. The molecule has 0 unspecified atom stereocenters. The monoisotopic (exact) mass is 298 g/mol. The second-order valence-corrected chi connectivity index (χ2v) is 4.39. The predicted octanol–water partition coefficient (Wildman–Crippen LogP) is 4.31. The molecule has 2 rings (SSSR count). The van der Waals surface area contributed by atoms with Gasteiger partial charge in [-0.3, -0.25) is 0 Å². The summed E-state index contributed by atoms with van der Waals surface area (Å²) in [5.74, 6) is -1.94. The van der Waals surface area contributed by atoms with E-state index in [1.54, 1.807) is 0 Å². The highest BCUT2D eigenvalue weighted by atomic mass is 79.9. The van der Waals surface area contributed by atoms with Gasteiger partial charge in [-0.15, -0.1) is 0 Å². The summed E-state index contributed by atoms with van der Waals surface area (Å²) in [5.41, 5.74) is 0.878. The van der Waals surface area contributed by atoms with Gasteiger partial charge in [0, 0.05) is 4.47 Å². The molecule has 0 spiro atoms. The maximum atomic E-state index is 13.3. The van der Waals surface area contributed by atoms with E-state index in [1.165, 1.54) is 12.1 Å². The lowest BCUT2D eigenvalue weighted by molar-refractivity contribution is 0.284. The van der Waals surface area contributed by atoms with Gasteiger partial charge in [0.25, 0.3) is 0 Å². The molecule has 2 aromatic carbocycles. The first-order valence-corrected chi connectivity index (χ1v) is 5.77. The molecule has 0 heterocycles. The standard InChI is InChI=1S/C13H9BrF2O/c14-10-4-1-3-9(7-10)8-17-12-6-2-5-11(15)13(12)16/h1-7H,8H2. The number of ether oxygens (including phenoxy) is 1. The third-order valence-corrected chi connectivity index (χ3v) is 2.69. The molecule has 0 saturated heterocycles. The molecule has 0 N–H and O–H groups in total. The number of hydrogen-bond acceptors (Lipinski definition) is 1. The van der Waals surface area contributed by atoms with E-state index in [0.29, 0.717) is 0 Å². The zero-order valence-electron chi connectivity index (χ0n) is 8.79. The van der Waals surface area contributed by atoms with Crippen LogP contribution in [0, 0.1) is 11.6 Å². The first-order valence-electron chi connectivity index (χ1n) is 4.98. The van der Waals surface area contributed by atoms with Crippen LogP contribution in [0.5, 0.6) is 5.75 Å². The summed E-state index contributed by atoms with van der Waals surface area (Å²) in [7, 11) is 0. The van der Waals surface area contributed by atoms with Crippen LogP contribution in [0.3, 0.4) is 0 Å². The molecule has 0 radical (unpaired) electrons. The van der Waals surface area contributed by atoms with Crippen LogP contribution in [0.4, 0.5) is 8.78 Å². The van der Waals surface area contributed by atoms with E-state index in [0.717, 1.165) is 16.1 Å². The summed E-state index contributed by atoms with van der Waals surface area (Å²) in [6.45, 7) is 0.194. The molecule has 17 heavy (non-hydrogen) atoms. The molecular formula is C13H9BrF2O. The van der Waals surface area contributed by atoms with Crippen LogP contribution in [-0.2, 0) is 6.61 Å². The van der Waals surface area contributed by atoms with Crippen molar-refractivity contribution in [3.63, 3.8) is 0 Å². The Bertz CT molecular complexity index is 529. The van der Waals surface area contributed by atoms with Crippen molar-refractivity contribution in [2.75, 3.05) is 0 Å². The van der Waals surface area contributed by atoms with Gasteiger partial charge in [-0.25, -0.2) is 4.39 Å². The van der Waals surface area contributed by atoms with Gasteiger partial charge in [0.1, 0.15) is 6.61 Å². The molecule has 0 atom stereocenters. The highest BCUT2D eigenvalue weighted by Crippen LogP contribution is 2.21. The van der Waals surface area contributed by atoms with Gasteiger partial charge in [0.05, 0.1) is 0 Å². The lowest BCUT2D eigenvalue weighted by Gasteiger charge is -2.07. The minimum Gasteiger partial charge on any atom is -0.486 e. The Labute approximate surface area is 106 Å². The Morgan fingerprint density at radius 2 is 1.82 bits per heavy atom. The van der Waals surface area contributed by atoms with Crippen molar-refractivity contribution in [1.82, 2.24) is 0 Å². The molecule has 88 valence electrons. The van der Waals surface area contributed by atoms with Gasteiger partial charge in [-0.1, -0.05) is 34.1 Å². The van der Waals surface area contributed by atoms with Gasteiger partial charge < -0.3 is 4.74 Å². The van der Waals surface area contributed by atoms with Gasteiger partial charge in [-0.2, -0.15) is 4.39 Å². The molecule has 0 bridgehead atoms. The highest BCUT2D eigenvalue weighted by molar-refractivity contribution is 9.10. The van der Waals surface area contributed by atoms with Crippen molar-refractivity contribution in [3.05, 3.63) is 64.1 Å². The summed E-state index contributed by atoms with van der Waals surface area (Å²) < 4.78 is 32.3.